The van der Waals surface area contributed by atoms with Gasteiger partial charge in [-0.25, -0.2) is 0 Å². The lowest BCUT2D eigenvalue weighted by Gasteiger charge is -2.21. The summed E-state index contributed by atoms with van der Waals surface area (Å²) in [5.74, 6) is 0. The van der Waals surface area contributed by atoms with Gasteiger partial charge in [0.25, 0.3) is 0 Å². The molecular weight excluding hydrogens is 274 g/mol. The molecule has 86 valence electrons. The van der Waals surface area contributed by atoms with Crippen molar-refractivity contribution in [2.45, 2.75) is 39.3 Å². The standard InChI is InChI=1S/C11H18BrNOS/c1-4-11(3,14)7-13-6-9-5-10(12)8(2)15-9/h5,13-14H,4,6-7H2,1-3H3. The molecule has 1 rings (SSSR count). The van der Waals surface area contributed by atoms with Crippen LogP contribution >= 0.6 is 27.3 Å². The van der Waals surface area contributed by atoms with Gasteiger partial charge in [-0.2, -0.15) is 0 Å². The highest BCUT2D eigenvalue weighted by molar-refractivity contribution is 9.10. The number of aryl methyl sites for hydroxylation is 1. The minimum atomic E-state index is -0.594. The lowest BCUT2D eigenvalue weighted by Crippen LogP contribution is -2.36. The van der Waals surface area contributed by atoms with E-state index in [4.69, 9.17) is 0 Å². The molecule has 0 radical (unpaired) electrons. The smallest absolute Gasteiger partial charge is 0.0741 e. The summed E-state index contributed by atoms with van der Waals surface area (Å²) in [6.45, 7) is 7.41. The topological polar surface area (TPSA) is 32.3 Å². The molecule has 1 aromatic rings. The van der Waals surface area contributed by atoms with E-state index in [0.717, 1.165) is 13.0 Å². The van der Waals surface area contributed by atoms with Gasteiger partial charge in [0.15, 0.2) is 0 Å². The average Bonchev–Trinajstić information content (AvgIpc) is 2.46. The third-order valence-corrected chi connectivity index (χ3v) is 4.61. The number of nitrogens with one attached hydrogen (secondary N) is 1. The first-order chi connectivity index (χ1) is 6.94. The highest BCUT2D eigenvalue weighted by Gasteiger charge is 2.16. The fourth-order valence-electron chi connectivity index (χ4n) is 1.18. The van der Waals surface area contributed by atoms with Gasteiger partial charge >= 0.3 is 0 Å². The maximum atomic E-state index is 9.79. The normalized spacial score (nSPS) is 15.3. The van der Waals surface area contributed by atoms with Crippen molar-refractivity contribution in [2.24, 2.45) is 0 Å². The van der Waals surface area contributed by atoms with Crippen LogP contribution in [0.5, 0.6) is 0 Å². The van der Waals surface area contributed by atoms with Gasteiger partial charge in [0, 0.05) is 27.3 Å². The number of aliphatic hydroxyl groups is 1. The van der Waals surface area contributed by atoms with Crippen LogP contribution in [0.1, 0.15) is 30.0 Å². The third-order valence-electron chi connectivity index (χ3n) is 2.47. The third kappa shape index (κ3) is 4.23. The van der Waals surface area contributed by atoms with Crippen LogP contribution in [0.2, 0.25) is 0 Å². The van der Waals surface area contributed by atoms with Crippen LogP contribution in [0.15, 0.2) is 10.5 Å². The molecule has 0 saturated carbocycles. The fraction of sp³-hybridized carbons (Fsp3) is 0.636. The number of thiophene rings is 1. The molecule has 15 heavy (non-hydrogen) atoms. The van der Waals surface area contributed by atoms with Crippen molar-refractivity contribution in [3.05, 3.63) is 20.3 Å². The second kappa shape index (κ2) is 5.43. The van der Waals surface area contributed by atoms with E-state index in [2.05, 4.69) is 34.2 Å². The van der Waals surface area contributed by atoms with E-state index in [9.17, 15) is 5.11 Å². The van der Waals surface area contributed by atoms with E-state index in [-0.39, 0.29) is 0 Å². The molecule has 0 aromatic carbocycles. The van der Waals surface area contributed by atoms with Crippen LogP contribution in [0.25, 0.3) is 0 Å². The van der Waals surface area contributed by atoms with Crippen LogP contribution in [-0.4, -0.2) is 17.3 Å². The molecule has 2 N–H and O–H groups in total. The first kappa shape index (κ1) is 13.2. The molecule has 0 saturated heterocycles. The van der Waals surface area contributed by atoms with Crippen molar-refractivity contribution in [1.29, 1.82) is 0 Å². The maximum absolute atomic E-state index is 9.79. The number of hydrogen-bond acceptors (Lipinski definition) is 3. The Morgan fingerprint density at radius 1 is 1.60 bits per heavy atom. The van der Waals surface area contributed by atoms with E-state index in [1.54, 1.807) is 11.3 Å². The monoisotopic (exact) mass is 291 g/mol. The maximum Gasteiger partial charge on any atom is 0.0741 e. The largest absolute Gasteiger partial charge is 0.389 e. The Kier molecular flexibility index (Phi) is 4.77. The van der Waals surface area contributed by atoms with Gasteiger partial charge in [0.05, 0.1) is 5.60 Å². The minimum Gasteiger partial charge on any atom is -0.389 e. The average molecular weight is 292 g/mol. The van der Waals surface area contributed by atoms with E-state index >= 15 is 0 Å². The molecule has 0 amide bonds. The zero-order valence-corrected chi connectivity index (χ0v) is 11.8. The van der Waals surface area contributed by atoms with E-state index in [0.29, 0.717) is 6.54 Å². The molecule has 0 aliphatic heterocycles. The van der Waals surface area contributed by atoms with Gasteiger partial charge in [-0.15, -0.1) is 11.3 Å². The Morgan fingerprint density at radius 3 is 2.73 bits per heavy atom. The number of hydrogen-bond donors (Lipinski definition) is 2. The quantitative estimate of drug-likeness (QED) is 0.874. The molecule has 4 heteroatoms. The molecule has 0 bridgehead atoms. The molecule has 1 aromatic heterocycles. The van der Waals surface area contributed by atoms with Crippen molar-refractivity contribution in [3.63, 3.8) is 0 Å². The van der Waals surface area contributed by atoms with Crippen molar-refractivity contribution < 1.29 is 5.11 Å². The highest BCUT2D eigenvalue weighted by Crippen LogP contribution is 2.26. The Bertz CT molecular complexity index is 303. The first-order valence-corrected chi connectivity index (χ1v) is 6.73. The number of halogens is 1. The van der Waals surface area contributed by atoms with Gasteiger partial charge in [0.1, 0.15) is 0 Å². The predicted octanol–water partition coefficient (Wildman–Crippen LogP) is 3.07. The molecule has 1 unspecified atom stereocenters. The van der Waals surface area contributed by atoms with E-state index in [1.807, 2.05) is 13.8 Å². The van der Waals surface area contributed by atoms with Crippen LogP contribution in [0.3, 0.4) is 0 Å². The van der Waals surface area contributed by atoms with Crippen molar-refractivity contribution in [2.75, 3.05) is 6.54 Å². The summed E-state index contributed by atoms with van der Waals surface area (Å²) in [6.07, 6.45) is 0.771. The van der Waals surface area contributed by atoms with Crippen molar-refractivity contribution >= 4 is 27.3 Å². The SMILES string of the molecule is CCC(C)(O)CNCc1cc(Br)c(C)s1. The molecular formula is C11H18BrNOS. The second-order valence-electron chi connectivity index (χ2n) is 4.07. The lowest BCUT2D eigenvalue weighted by atomic mass is 10.0. The number of rotatable bonds is 5. The molecule has 0 spiro atoms. The summed E-state index contributed by atoms with van der Waals surface area (Å²) < 4.78 is 1.17. The first-order valence-electron chi connectivity index (χ1n) is 5.12. The van der Waals surface area contributed by atoms with Crippen molar-refractivity contribution in [3.8, 4) is 0 Å². The lowest BCUT2D eigenvalue weighted by molar-refractivity contribution is 0.0556. The van der Waals surface area contributed by atoms with Crippen LogP contribution in [0.4, 0.5) is 0 Å². The minimum absolute atomic E-state index is 0.594. The summed E-state index contributed by atoms with van der Waals surface area (Å²) in [7, 11) is 0. The van der Waals surface area contributed by atoms with Gasteiger partial charge in [-0.3, -0.25) is 0 Å². The molecule has 1 atom stereocenters. The van der Waals surface area contributed by atoms with Gasteiger partial charge in [-0.05, 0) is 42.3 Å². The van der Waals surface area contributed by atoms with Gasteiger partial charge in [-0.1, -0.05) is 6.92 Å². The van der Waals surface area contributed by atoms with Crippen molar-refractivity contribution in [1.82, 2.24) is 5.32 Å². The zero-order chi connectivity index (χ0) is 11.5. The van der Waals surface area contributed by atoms with E-state index in [1.165, 1.54) is 14.2 Å². The zero-order valence-electron chi connectivity index (χ0n) is 9.43. The summed E-state index contributed by atoms with van der Waals surface area (Å²) in [6, 6.07) is 2.13. The highest BCUT2D eigenvalue weighted by atomic mass is 79.9. The summed E-state index contributed by atoms with van der Waals surface area (Å²) in [5.41, 5.74) is -0.594. The fourth-order valence-corrected chi connectivity index (χ4v) is 2.76. The molecule has 0 aliphatic rings. The second-order valence-corrected chi connectivity index (χ2v) is 6.27. The molecule has 0 fully saturated rings. The Balaban J connectivity index is 2.38. The Morgan fingerprint density at radius 2 is 2.27 bits per heavy atom. The van der Waals surface area contributed by atoms with Gasteiger partial charge < -0.3 is 10.4 Å². The molecule has 1 heterocycles. The van der Waals surface area contributed by atoms with E-state index < -0.39 is 5.60 Å². The summed E-state index contributed by atoms with van der Waals surface area (Å²) in [4.78, 5) is 2.60. The van der Waals surface area contributed by atoms with Gasteiger partial charge in [0.2, 0.25) is 0 Å². The summed E-state index contributed by atoms with van der Waals surface area (Å²) >= 11 is 5.28. The summed E-state index contributed by atoms with van der Waals surface area (Å²) in [5, 5.41) is 13.1. The van der Waals surface area contributed by atoms with Crippen LogP contribution < -0.4 is 5.32 Å². The van der Waals surface area contributed by atoms with Crippen LogP contribution in [0, 0.1) is 6.92 Å². The molecule has 2 nitrogen and oxygen atoms in total. The Hall–Kier alpha value is 0.1000. The van der Waals surface area contributed by atoms with Crippen LogP contribution in [-0.2, 0) is 6.54 Å². The molecule has 0 aliphatic carbocycles. The predicted molar refractivity (Wildman–Crippen MR) is 69.4 cm³/mol. The Labute approximate surface area is 104 Å².